The fourth-order valence-electron chi connectivity index (χ4n) is 2.10. The zero-order chi connectivity index (χ0) is 11.1. The Labute approximate surface area is 92.8 Å². The Morgan fingerprint density at radius 2 is 2.00 bits per heavy atom. The molecule has 0 N–H and O–H groups in total. The Morgan fingerprint density at radius 3 is 2.60 bits per heavy atom. The smallest absolute Gasteiger partial charge is 0.305 e. The topological polar surface area (TPSA) is 29.5 Å². The number of nitrogens with zero attached hydrogens (tertiary/aromatic N) is 1. The molecule has 1 heterocycles. The van der Waals surface area contributed by atoms with Gasteiger partial charge in [-0.25, -0.2) is 0 Å². The molecule has 0 radical (unpaired) electrons. The van der Waals surface area contributed by atoms with Crippen molar-refractivity contribution in [3.63, 3.8) is 0 Å². The van der Waals surface area contributed by atoms with Gasteiger partial charge in [0.1, 0.15) is 0 Å². The first-order chi connectivity index (χ1) is 7.24. The lowest BCUT2D eigenvalue weighted by atomic mass is 10.1. The van der Waals surface area contributed by atoms with Crippen LogP contribution in [-0.2, 0) is 9.53 Å². The van der Waals surface area contributed by atoms with Crippen LogP contribution in [0.3, 0.4) is 0 Å². The molecule has 0 aromatic rings. The normalized spacial score (nSPS) is 19.9. The molecule has 0 aromatic carbocycles. The van der Waals surface area contributed by atoms with E-state index in [2.05, 4.69) is 11.8 Å². The van der Waals surface area contributed by atoms with E-state index in [1.807, 2.05) is 6.92 Å². The lowest BCUT2D eigenvalue weighted by molar-refractivity contribution is -0.143. The zero-order valence-electron chi connectivity index (χ0n) is 10.00. The second kappa shape index (κ2) is 6.83. The minimum absolute atomic E-state index is 0.0543. The van der Waals surface area contributed by atoms with Crippen molar-refractivity contribution in [3.05, 3.63) is 0 Å². The molecule has 0 aliphatic carbocycles. The molecule has 0 amide bonds. The number of piperidine rings is 1. The lowest BCUT2D eigenvalue weighted by Crippen LogP contribution is -2.37. The number of hydrogen-bond acceptors (Lipinski definition) is 3. The van der Waals surface area contributed by atoms with Gasteiger partial charge < -0.3 is 9.64 Å². The van der Waals surface area contributed by atoms with Gasteiger partial charge in [-0.1, -0.05) is 6.42 Å². The Balaban J connectivity index is 2.16. The van der Waals surface area contributed by atoms with Gasteiger partial charge in [-0.05, 0) is 46.2 Å². The number of likely N-dealkylation sites (tertiary alicyclic amines) is 1. The van der Waals surface area contributed by atoms with Crippen LogP contribution in [-0.4, -0.2) is 36.6 Å². The summed E-state index contributed by atoms with van der Waals surface area (Å²) >= 11 is 0. The van der Waals surface area contributed by atoms with Gasteiger partial charge in [0.05, 0.1) is 6.61 Å². The van der Waals surface area contributed by atoms with E-state index in [4.69, 9.17) is 4.74 Å². The van der Waals surface area contributed by atoms with Crippen molar-refractivity contribution in [2.45, 2.75) is 52.0 Å². The van der Waals surface area contributed by atoms with Gasteiger partial charge in [0.25, 0.3) is 0 Å². The summed E-state index contributed by atoms with van der Waals surface area (Å²) < 4.78 is 4.92. The molecule has 0 spiro atoms. The van der Waals surface area contributed by atoms with E-state index in [1.54, 1.807) is 0 Å². The average molecular weight is 213 g/mol. The predicted octanol–water partition coefficient (Wildman–Crippen LogP) is 2.20. The van der Waals surface area contributed by atoms with E-state index >= 15 is 0 Å². The minimum Gasteiger partial charge on any atom is -0.466 e. The van der Waals surface area contributed by atoms with Gasteiger partial charge in [0.15, 0.2) is 0 Å². The Bertz CT molecular complexity index is 188. The van der Waals surface area contributed by atoms with Crippen LogP contribution in [0.15, 0.2) is 0 Å². The fraction of sp³-hybridized carbons (Fsp3) is 0.917. The third-order valence-electron chi connectivity index (χ3n) is 3.09. The zero-order valence-corrected chi connectivity index (χ0v) is 10.00. The van der Waals surface area contributed by atoms with Gasteiger partial charge in [-0.15, -0.1) is 0 Å². The Hall–Kier alpha value is -0.570. The summed E-state index contributed by atoms with van der Waals surface area (Å²) in [5.74, 6) is -0.0543. The van der Waals surface area contributed by atoms with Crippen molar-refractivity contribution in [2.75, 3.05) is 19.7 Å². The first kappa shape index (κ1) is 12.5. The summed E-state index contributed by atoms with van der Waals surface area (Å²) in [6.45, 7) is 6.96. The highest BCUT2D eigenvalue weighted by atomic mass is 16.5. The van der Waals surface area contributed by atoms with E-state index < -0.39 is 0 Å². The van der Waals surface area contributed by atoms with Crippen molar-refractivity contribution < 1.29 is 9.53 Å². The van der Waals surface area contributed by atoms with Crippen LogP contribution in [0, 0.1) is 0 Å². The maximum Gasteiger partial charge on any atom is 0.305 e. The first-order valence-electron chi connectivity index (χ1n) is 6.13. The first-order valence-corrected chi connectivity index (χ1v) is 6.13. The van der Waals surface area contributed by atoms with Crippen LogP contribution in [0.5, 0.6) is 0 Å². The molecular weight excluding hydrogens is 190 g/mol. The number of hydrogen-bond donors (Lipinski definition) is 0. The predicted molar refractivity (Wildman–Crippen MR) is 60.8 cm³/mol. The molecular formula is C12H23NO2. The molecule has 3 heteroatoms. The molecule has 1 aliphatic rings. The lowest BCUT2D eigenvalue weighted by Gasteiger charge is -2.32. The summed E-state index contributed by atoms with van der Waals surface area (Å²) in [5.41, 5.74) is 0. The average Bonchev–Trinajstić information content (AvgIpc) is 2.27. The third-order valence-corrected chi connectivity index (χ3v) is 3.09. The van der Waals surface area contributed by atoms with E-state index in [0.29, 0.717) is 19.1 Å². The van der Waals surface area contributed by atoms with Crippen molar-refractivity contribution in [1.82, 2.24) is 4.90 Å². The summed E-state index contributed by atoms with van der Waals surface area (Å²) in [5, 5.41) is 0. The van der Waals surface area contributed by atoms with Gasteiger partial charge >= 0.3 is 5.97 Å². The van der Waals surface area contributed by atoms with Crippen LogP contribution < -0.4 is 0 Å². The minimum atomic E-state index is -0.0543. The summed E-state index contributed by atoms with van der Waals surface area (Å²) in [6.07, 6.45) is 5.47. The van der Waals surface area contributed by atoms with Crippen molar-refractivity contribution in [3.8, 4) is 0 Å². The SMILES string of the molecule is CCOC(=O)CCC(C)N1CCCCC1. The van der Waals surface area contributed by atoms with Crippen molar-refractivity contribution in [2.24, 2.45) is 0 Å². The van der Waals surface area contributed by atoms with Crippen LogP contribution >= 0.6 is 0 Å². The van der Waals surface area contributed by atoms with Crippen LogP contribution in [0.4, 0.5) is 0 Å². The maximum atomic E-state index is 11.2. The van der Waals surface area contributed by atoms with Gasteiger partial charge in [0.2, 0.25) is 0 Å². The summed E-state index contributed by atoms with van der Waals surface area (Å²) in [4.78, 5) is 13.7. The highest BCUT2D eigenvalue weighted by Gasteiger charge is 2.17. The second-order valence-electron chi connectivity index (χ2n) is 4.29. The third kappa shape index (κ3) is 4.65. The molecule has 15 heavy (non-hydrogen) atoms. The highest BCUT2D eigenvalue weighted by Crippen LogP contribution is 2.15. The van der Waals surface area contributed by atoms with Crippen LogP contribution in [0.2, 0.25) is 0 Å². The van der Waals surface area contributed by atoms with Crippen LogP contribution in [0.25, 0.3) is 0 Å². The van der Waals surface area contributed by atoms with E-state index in [0.717, 1.165) is 6.42 Å². The number of esters is 1. The van der Waals surface area contributed by atoms with E-state index in [9.17, 15) is 4.79 Å². The maximum absolute atomic E-state index is 11.2. The number of ether oxygens (including phenoxy) is 1. The molecule has 0 aromatic heterocycles. The molecule has 1 fully saturated rings. The molecule has 1 atom stereocenters. The highest BCUT2D eigenvalue weighted by molar-refractivity contribution is 5.69. The second-order valence-corrected chi connectivity index (χ2v) is 4.29. The van der Waals surface area contributed by atoms with Crippen LogP contribution in [0.1, 0.15) is 46.0 Å². The van der Waals surface area contributed by atoms with Gasteiger partial charge in [0, 0.05) is 12.5 Å². The molecule has 3 nitrogen and oxygen atoms in total. The van der Waals surface area contributed by atoms with Crippen molar-refractivity contribution >= 4 is 5.97 Å². The fourth-order valence-corrected chi connectivity index (χ4v) is 2.10. The summed E-state index contributed by atoms with van der Waals surface area (Å²) in [6, 6.07) is 0.523. The largest absolute Gasteiger partial charge is 0.466 e. The molecule has 1 unspecified atom stereocenters. The van der Waals surface area contributed by atoms with Crippen molar-refractivity contribution in [1.29, 1.82) is 0 Å². The molecule has 1 aliphatic heterocycles. The van der Waals surface area contributed by atoms with Gasteiger partial charge in [-0.3, -0.25) is 4.79 Å². The standard InChI is InChI=1S/C12H23NO2/c1-3-15-12(14)8-7-11(2)13-9-5-4-6-10-13/h11H,3-10H2,1-2H3. The van der Waals surface area contributed by atoms with E-state index in [-0.39, 0.29) is 5.97 Å². The monoisotopic (exact) mass is 213 g/mol. The molecule has 1 saturated heterocycles. The van der Waals surface area contributed by atoms with E-state index in [1.165, 1.54) is 32.4 Å². The summed E-state index contributed by atoms with van der Waals surface area (Å²) in [7, 11) is 0. The Morgan fingerprint density at radius 1 is 1.33 bits per heavy atom. The molecule has 88 valence electrons. The molecule has 0 saturated carbocycles. The molecule has 1 rings (SSSR count). The number of rotatable bonds is 5. The Kier molecular flexibility index (Phi) is 5.69. The number of carbonyl (C=O) groups is 1. The molecule has 0 bridgehead atoms. The quantitative estimate of drug-likeness (QED) is 0.656. The number of carbonyl (C=O) groups excluding carboxylic acids is 1. The van der Waals surface area contributed by atoms with Gasteiger partial charge in [-0.2, -0.15) is 0 Å².